The van der Waals surface area contributed by atoms with E-state index in [4.69, 9.17) is 0 Å². The van der Waals surface area contributed by atoms with Gasteiger partial charge in [0.05, 0.1) is 0 Å². The summed E-state index contributed by atoms with van der Waals surface area (Å²) in [5.74, 6) is 0.746. The van der Waals surface area contributed by atoms with Crippen molar-refractivity contribution in [3.8, 4) is 11.1 Å². The monoisotopic (exact) mass is 445 g/mol. The van der Waals surface area contributed by atoms with Crippen LogP contribution >= 0.6 is 11.8 Å². The number of hydrogen-bond donors (Lipinski definition) is 0. The van der Waals surface area contributed by atoms with Gasteiger partial charge in [-0.3, -0.25) is 4.98 Å². The summed E-state index contributed by atoms with van der Waals surface area (Å²) < 4.78 is 0. The molecule has 4 aromatic carbocycles. The van der Waals surface area contributed by atoms with Crippen LogP contribution < -0.4 is 0 Å². The Hall–Kier alpha value is -3.10. The van der Waals surface area contributed by atoms with Gasteiger partial charge in [-0.05, 0) is 69.8 Å². The lowest BCUT2D eigenvalue weighted by Crippen LogP contribution is -2.04. The Kier molecular flexibility index (Phi) is 5.61. The number of benzene rings is 4. The lowest BCUT2D eigenvalue weighted by Gasteiger charge is -2.22. The molecule has 33 heavy (non-hydrogen) atoms. The topological polar surface area (TPSA) is 12.9 Å². The smallest absolute Gasteiger partial charge is 0.0353 e. The first-order chi connectivity index (χ1) is 16.4. The first-order valence-corrected chi connectivity index (χ1v) is 12.8. The van der Waals surface area contributed by atoms with Gasteiger partial charge in [-0.25, -0.2) is 0 Å². The molecule has 1 nitrogen and oxygen atoms in total. The SMILES string of the molecule is c1ccc(-c2c3ccccc3c(Sc3ccc(C4CCCCC4)cc3)c3ccncc23)cc1. The summed E-state index contributed by atoms with van der Waals surface area (Å²) in [6.45, 7) is 0. The van der Waals surface area contributed by atoms with Crippen molar-refractivity contribution < 1.29 is 0 Å². The maximum atomic E-state index is 4.51. The van der Waals surface area contributed by atoms with Crippen molar-refractivity contribution in [1.82, 2.24) is 4.98 Å². The lowest BCUT2D eigenvalue weighted by molar-refractivity contribution is 0.443. The Balaban J connectivity index is 1.48. The molecule has 1 saturated carbocycles. The summed E-state index contributed by atoms with van der Waals surface area (Å²) in [6, 6.07) is 31.1. The number of nitrogens with zero attached hydrogens (tertiary/aromatic N) is 1. The second-order valence-corrected chi connectivity index (χ2v) is 10.1. The summed E-state index contributed by atoms with van der Waals surface area (Å²) in [7, 11) is 0. The largest absolute Gasteiger partial charge is 0.264 e. The second kappa shape index (κ2) is 9.03. The number of fused-ring (bicyclic) bond motifs is 2. The average molecular weight is 446 g/mol. The molecule has 1 fully saturated rings. The third-order valence-electron chi connectivity index (χ3n) is 7.02. The zero-order valence-electron chi connectivity index (χ0n) is 18.7. The predicted molar refractivity (Wildman–Crippen MR) is 141 cm³/mol. The van der Waals surface area contributed by atoms with Crippen molar-refractivity contribution in [3.05, 3.63) is 103 Å². The van der Waals surface area contributed by atoms with Crippen molar-refractivity contribution in [2.75, 3.05) is 0 Å². The third kappa shape index (κ3) is 3.94. The molecule has 1 aliphatic carbocycles. The van der Waals surface area contributed by atoms with E-state index in [0.717, 1.165) is 5.92 Å². The van der Waals surface area contributed by atoms with Crippen LogP contribution in [0.15, 0.2) is 107 Å². The highest BCUT2D eigenvalue weighted by Gasteiger charge is 2.18. The molecule has 0 bridgehead atoms. The summed E-state index contributed by atoms with van der Waals surface area (Å²) >= 11 is 1.88. The maximum Gasteiger partial charge on any atom is 0.0353 e. The molecule has 1 aliphatic rings. The Morgan fingerprint density at radius 1 is 0.636 bits per heavy atom. The Labute approximate surface area is 199 Å². The van der Waals surface area contributed by atoms with E-state index < -0.39 is 0 Å². The van der Waals surface area contributed by atoms with Gasteiger partial charge in [-0.15, -0.1) is 0 Å². The molecular formula is C31H27NS. The van der Waals surface area contributed by atoms with E-state index in [1.165, 1.54) is 80.1 Å². The van der Waals surface area contributed by atoms with Crippen LogP contribution in [0.3, 0.4) is 0 Å². The molecule has 0 saturated heterocycles. The van der Waals surface area contributed by atoms with Crippen LogP contribution in [-0.2, 0) is 0 Å². The van der Waals surface area contributed by atoms with E-state index >= 15 is 0 Å². The van der Waals surface area contributed by atoms with Gasteiger partial charge in [0.1, 0.15) is 0 Å². The van der Waals surface area contributed by atoms with Crippen LogP contribution in [-0.4, -0.2) is 4.98 Å². The van der Waals surface area contributed by atoms with Crippen molar-refractivity contribution in [2.24, 2.45) is 0 Å². The van der Waals surface area contributed by atoms with Gasteiger partial charge >= 0.3 is 0 Å². The fourth-order valence-corrected chi connectivity index (χ4v) is 6.45. The van der Waals surface area contributed by atoms with Crippen LogP contribution in [0.4, 0.5) is 0 Å². The molecule has 1 aromatic heterocycles. The van der Waals surface area contributed by atoms with E-state index in [9.17, 15) is 0 Å². The Bertz CT molecular complexity index is 1340. The van der Waals surface area contributed by atoms with Gasteiger partial charge in [0.15, 0.2) is 0 Å². The molecule has 2 heteroatoms. The summed E-state index contributed by atoms with van der Waals surface area (Å²) in [6.07, 6.45) is 10.8. The number of pyridine rings is 1. The predicted octanol–water partition coefficient (Wildman–Crippen LogP) is 9.25. The van der Waals surface area contributed by atoms with E-state index in [2.05, 4.69) is 89.9 Å². The van der Waals surface area contributed by atoms with Crippen molar-refractivity contribution >= 4 is 33.3 Å². The molecule has 162 valence electrons. The minimum absolute atomic E-state index is 0.746. The Morgan fingerprint density at radius 3 is 2.12 bits per heavy atom. The van der Waals surface area contributed by atoms with Crippen molar-refractivity contribution in [1.29, 1.82) is 0 Å². The van der Waals surface area contributed by atoms with Gasteiger partial charge in [-0.2, -0.15) is 0 Å². The number of aromatic nitrogens is 1. The molecule has 0 aliphatic heterocycles. The third-order valence-corrected chi connectivity index (χ3v) is 8.17. The van der Waals surface area contributed by atoms with Gasteiger partial charge in [0.25, 0.3) is 0 Å². The summed E-state index contributed by atoms with van der Waals surface area (Å²) in [4.78, 5) is 7.12. The molecule has 5 aromatic rings. The fourth-order valence-electron chi connectivity index (χ4n) is 5.37. The minimum Gasteiger partial charge on any atom is -0.264 e. The van der Waals surface area contributed by atoms with E-state index in [1.807, 2.05) is 24.2 Å². The highest BCUT2D eigenvalue weighted by atomic mass is 32.2. The maximum absolute atomic E-state index is 4.51. The Morgan fingerprint density at radius 2 is 1.33 bits per heavy atom. The van der Waals surface area contributed by atoms with Gasteiger partial charge in [-0.1, -0.05) is 97.8 Å². The first-order valence-electron chi connectivity index (χ1n) is 12.0. The first kappa shape index (κ1) is 20.5. The molecule has 1 heterocycles. The molecular weight excluding hydrogens is 418 g/mol. The zero-order chi connectivity index (χ0) is 22.0. The van der Waals surface area contributed by atoms with Crippen LogP contribution in [0.2, 0.25) is 0 Å². The van der Waals surface area contributed by atoms with Crippen LogP contribution in [0.1, 0.15) is 43.6 Å². The lowest BCUT2D eigenvalue weighted by atomic mass is 9.84. The molecule has 0 atom stereocenters. The fraction of sp³-hybridized carbons (Fsp3) is 0.194. The van der Waals surface area contributed by atoms with Crippen molar-refractivity contribution in [2.45, 2.75) is 47.8 Å². The van der Waals surface area contributed by atoms with Gasteiger partial charge in [0.2, 0.25) is 0 Å². The summed E-state index contributed by atoms with van der Waals surface area (Å²) in [5, 5.41) is 5.06. The average Bonchev–Trinajstić information content (AvgIpc) is 2.90. The van der Waals surface area contributed by atoms with Crippen LogP contribution in [0, 0.1) is 0 Å². The van der Waals surface area contributed by atoms with E-state index in [-0.39, 0.29) is 0 Å². The number of rotatable bonds is 4. The standard InChI is InChI=1S/C31H27NS/c1-3-9-22(10-4-1)23-15-17-25(18-16-23)33-31-27-14-8-7-13-26(27)30(24-11-5-2-6-12-24)29-21-32-20-19-28(29)31/h2,5-8,11-22H,1,3-4,9-10H2. The minimum atomic E-state index is 0.746. The van der Waals surface area contributed by atoms with Crippen LogP contribution in [0.5, 0.6) is 0 Å². The summed E-state index contributed by atoms with van der Waals surface area (Å²) in [5.41, 5.74) is 4.02. The molecule has 0 spiro atoms. The molecule has 0 unspecified atom stereocenters. The van der Waals surface area contributed by atoms with Crippen molar-refractivity contribution in [3.63, 3.8) is 0 Å². The quantitative estimate of drug-likeness (QED) is 0.256. The molecule has 0 radical (unpaired) electrons. The van der Waals surface area contributed by atoms with Gasteiger partial charge < -0.3 is 0 Å². The van der Waals surface area contributed by atoms with E-state index in [0.29, 0.717) is 0 Å². The number of hydrogen-bond acceptors (Lipinski definition) is 2. The molecule has 6 rings (SSSR count). The second-order valence-electron chi connectivity index (χ2n) is 9.04. The normalized spacial score (nSPS) is 14.7. The zero-order valence-corrected chi connectivity index (χ0v) is 19.5. The highest BCUT2D eigenvalue weighted by Crippen LogP contribution is 2.45. The molecule has 0 amide bonds. The van der Waals surface area contributed by atoms with Gasteiger partial charge in [0, 0.05) is 27.6 Å². The van der Waals surface area contributed by atoms with E-state index in [1.54, 1.807) is 0 Å². The molecule has 0 N–H and O–H groups in total. The highest BCUT2D eigenvalue weighted by molar-refractivity contribution is 7.99. The van der Waals surface area contributed by atoms with Crippen LogP contribution in [0.25, 0.3) is 32.7 Å².